The van der Waals surface area contributed by atoms with Crippen LogP contribution in [-0.4, -0.2) is 0 Å². The quantitative estimate of drug-likeness (QED) is 0.575. The maximum atomic E-state index is 6.17. The number of rotatable bonds is 1. The standard InChI is InChI=1S/C13H9ClNS/c14-11-6-2-3-7-12(11)15-9-10-5-1-4-8-13(10)16-15/h1-9H/q+1. The smallest absolute Gasteiger partial charge is 0.0998 e. The van der Waals surface area contributed by atoms with Crippen LogP contribution in [0.4, 0.5) is 0 Å². The topological polar surface area (TPSA) is 3.88 Å². The largest absolute Gasteiger partial charge is 0.243 e. The molecule has 0 bridgehead atoms. The van der Waals surface area contributed by atoms with Gasteiger partial charge in [0, 0.05) is 6.07 Å². The van der Waals surface area contributed by atoms with E-state index >= 15 is 0 Å². The Morgan fingerprint density at radius 1 is 0.938 bits per heavy atom. The van der Waals surface area contributed by atoms with E-state index in [4.69, 9.17) is 11.6 Å². The Morgan fingerprint density at radius 2 is 1.69 bits per heavy atom. The molecule has 16 heavy (non-hydrogen) atoms. The minimum absolute atomic E-state index is 0.777. The molecule has 2 aromatic carbocycles. The third-order valence-corrected chi connectivity index (χ3v) is 3.85. The Morgan fingerprint density at radius 3 is 2.50 bits per heavy atom. The fourth-order valence-electron chi connectivity index (χ4n) is 1.68. The maximum absolute atomic E-state index is 6.17. The highest BCUT2D eigenvalue weighted by atomic mass is 35.5. The molecule has 0 aliphatic heterocycles. The van der Waals surface area contributed by atoms with Crippen LogP contribution < -0.4 is 3.96 Å². The number of nitrogens with zero attached hydrogens (tertiary/aromatic N) is 1. The van der Waals surface area contributed by atoms with Crippen molar-refractivity contribution in [3.8, 4) is 5.69 Å². The first kappa shape index (κ1) is 9.82. The lowest BCUT2D eigenvalue weighted by atomic mass is 10.3. The van der Waals surface area contributed by atoms with Crippen molar-refractivity contribution in [1.82, 2.24) is 0 Å². The van der Waals surface area contributed by atoms with E-state index in [9.17, 15) is 0 Å². The molecule has 3 heteroatoms. The summed E-state index contributed by atoms with van der Waals surface area (Å²) >= 11 is 7.87. The molecule has 1 nitrogen and oxygen atoms in total. The van der Waals surface area contributed by atoms with Crippen molar-refractivity contribution in [2.75, 3.05) is 0 Å². The fourth-order valence-corrected chi connectivity index (χ4v) is 2.96. The fraction of sp³-hybridized carbons (Fsp3) is 0. The number of hydrogen-bond acceptors (Lipinski definition) is 1. The molecule has 0 amide bonds. The Labute approximate surface area is 103 Å². The SMILES string of the molecule is Clc1ccccc1-[n+]1cc2ccccc2s1. The van der Waals surface area contributed by atoms with Gasteiger partial charge in [-0.1, -0.05) is 39.8 Å². The van der Waals surface area contributed by atoms with Crippen molar-refractivity contribution in [2.24, 2.45) is 0 Å². The molecular weight excluding hydrogens is 238 g/mol. The average Bonchev–Trinajstić information content (AvgIpc) is 2.73. The van der Waals surface area contributed by atoms with Crippen molar-refractivity contribution in [3.63, 3.8) is 0 Å². The zero-order valence-corrected chi connectivity index (χ0v) is 10.0. The third-order valence-electron chi connectivity index (χ3n) is 2.46. The predicted octanol–water partition coefficient (Wildman–Crippen LogP) is 3.83. The Balaban J connectivity index is 2.23. The van der Waals surface area contributed by atoms with Crippen LogP contribution in [0.3, 0.4) is 0 Å². The first-order valence-corrected chi connectivity index (χ1v) is 6.15. The number of para-hydroxylation sites is 1. The van der Waals surface area contributed by atoms with Crippen molar-refractivity contribution in [1.29, 1.82) is 0 Å². The van der Waals surface area contributed by atoms with E-state index < -0.39 is 0 Å². The molecule has 3 rings (SSSR count). The first-order valence-electron chi connectivity index (χ1n) is 5.00. The van der Waals surface area contributed by atoms with Gasteiger partial charge < -0.3 is 0 Å². The summed E-state index contributed by atoms with van der Waals surface area (Å²) in [7, 11) is 0. The molecule has 0 unspecified atom stereocenters. The summed E-state index contributed by atoms with van der Waals surface area (Å²) in [6.07, 6.45) is 2.11. The molecule has 0 radical (unpaired) electrons. The van der Waals surface area contributed by atoms with Crippen LogP contribution in [0.1, 0.15) is 0 Å². The van der Waals surface area contributed by atoms with E-state index in [1.165, 1.54) is 10.1 Å². The van der Waals surface area contributed by atoms with Gasteiger partial charge in [-0.2, -0.15) is 0 Å². The lowest BCUT2D eigenvalue weighted by Gasteiger charge is -1.91. The van der Waals surface area contributed by atoms with Gasteiger partial charge in [0.15, 0.2) is 6.20 Å². The first-order chi connectivity index (χ1) is 7.84. The van der Waals surface area contributed by atoms with Gasteiger partial charge in [0.25, 0.3) is 0 Å². The van der Waals surface area contributed by atoms with Crippen LogP contribution >= 0.6 is 23.1 Å². The highest BCUT2D eigenvalue weighted by Gasteiger charge is 2.14. The van der Waals surface area contributed by atoms with E-state index in [1.807, 2.05) is 30.3 Å². The van der Waals surface area contributed by atoms with Crippen LogP contribution in [0.5, 0.6) is 0 Å². The van der Waals surface area contributed by atoms with E-state index in [1.54, 1.807) is 11.5 Å². The van der Waals surface area contributed by atoms with Crippen LogP contribution in [0, 0.1) is 0 Å². The highest BCUT2D eigenvalue weighted by Crippen LogP contribution is 2.21. The number of aromatic nitrogens is 1. The number of benzene rings is 2. The molecular formula is C13H9ClNS+. The summed E-state index contributed by atoms with van der Waals surface area (Å²) in [5.74, 6) is 0. The monoisotopic (exact) mass is 246 g/mol. The summed E-state index contributed by atoms with van der Waals surface area (Å²) in [5, 5.41) is 2.02. The second-order valence-corrected chi connectivity index (χ2v) is 4.96. The van der Waals surface area contributed by atoms with E-state index in [2.05, 4.69) is 28.4 Å². The van der Waals surface area contributed by atoms with Gasteiger partial charge in [-0.05, 0) is 18.2 Å². The predicted molar refractivity (Wildman–Crippen MR) is 68.4 cm³/mol. The Bertz CT molecular complexity index is 612. The van der Waals surface area contributed by atoms with E-state index in [-0.39, 0.29) is 0 Å². The number of hydrogen-bond donors (Lipinski definition) is 0. The maximum Gasteiger partial charge on any atom is 0.243 e. The van der Waals surface area contributed by atoms with Gasteiger partial charge in [0.2, 0.25) is 5.69 Å². The van der Waals surface area contributed by atoms with Crippen LogP contribution in [-0.2, 0) is 0 Å². The molecule has 0 spiro atoms. The highest BCUT2D eigenvalue weighted by molar-refractivity contribution is 7.09. The molecule has 0 atom stereocenters. The molecule has 0 fully saturated rings. The summed E-state index contributed by atoms with van der Waals surface area (Å²) in [6.45, 7) is 0. The number of halogens is 1. The lowest BCUT2D eigenvalue weighted by Crippen LogP contribution is -2.23. The molecule has 1 heterocycles. The zero-order chi connectivity index (χ0) is 11.0. The van der Waals surface area contributed by atoms with Gasteiger partial charge in [-0.25, -0.2) is 0 Å². The molecule has 1 aromatic heterocycles. The normalized spacial score (nSPS) is 10.8. The van der Waals surface area contributed by atoms with Crippen molar-refractivity contribution >= 4 is 33.2 Å². The summed E-state index contributed by atoms with van der Waals surface area (Å²) in [6, 6.07) is 16.2. The van der Waals surface area contributed by atoms with E-state index in [0.717, 1.165) is 10.7 Å². The van der Waals surface area contributed by atoms with Crippen molar-refractivity contribution < 1.29 is 3.96 Å². The Kier molecular flexibility index (Phi) is 2.39. The molecule has 0 saturated carbocycles. The number of fused-ring (bicyclic) bond motifs is 1. The summed E-state index contributed by atoms with van der Waals surface area (Å²) in [5.41, 5.74) is 1.03. The van der Waals surface area contributed by atoms with Gasteiger partial charge in [0.1, 0.15) is 21.3 Å². The molecule has 0 saturated heterocycles. The molecule has 3 aromatic rings. The minimum atomic E-state index is 0.777. The van der Waals surface area contributed by atoms with Crippen LogP contribution in [0.25, 0.3) is 15.8 Å². The van der Waals surface area contributed by atoms with Crippen LogP contribution in [0.15, 0.2) is 54.7 Å². The lowest BCUT2D eigenvalue weighted by molar-refractivity contribution is -0.518. The third kappa shape index (κ3) is 1.60. The summed E-state index contributed by atoms with van der Waals surface area (Å²) in [4.78, 5) is 0. The minimum Gasteiger partial charge on any atom is -0.0998 e. The van der Waals surface area contributed by atoms with Crippen molar-refractivity contribution in [2.45, 2.75) is 0 Å². The molecule has 0 aliphatic carbocycles. The van der Waals surface area contributed by atoms with Crippen molar-refractivity contribution in [3.05, 3.63) is 59.8 Å². The van der Waals surface area contributed by atoms with E-state index in [0.29, 0.717) is 0 Å². The molecule has 78 valence electrons. The Hall–Kier alpha value is -1.38. The second-order valence-electron chi connectivity index (χ2n) is 3.54. The van der Waals surface area contributed by atoms with Gasteiger partial charge in [-0.15, -0.1) is 0 Å². The van der Waals surface area contributed by atoms with Crippen LogP contribution in [0.2, 0.25) is 5.02 Å². The zero-order valence-electron chi connectivity index (χ0n) is 8.43. The van der Waals surface area contributed by atoms with Gasteiger partial charge in [-0.3, -0.25) is 0 Å². The van der Waals surface area contributed by atoms with Gasteiger partial charge >= 0.3 is 0 Å². The summed E-state index contributed by atoms with van der Waals surface area (Å²) < 4.78 is 3.37. The molecule has 0 aliphatic rings. The second kappa shape index (κ2) is 3.89. The van der Waals surface area contributed by atoms with Gasteiger partial charge in [0.05, 0.1) is 5.39 Å². The average molecular weight is 247 g/mol. The molecule has 0 N–H and O–H groups in total.